The van der Waals surface area contributed by atoms with Crippen LogP contribution in [-0.2, 0) is 4.79 Å². The number of Topliss-reactive ketones (excluding diaryl/α,β-unsaturated/α-hetero) is 1. The van der Waals surface area contributed by atoms with Gasteiger partial charge in [0.05, 0.1) is 6.10 Å². The van der Waals surface area contributed by atoms with E-state index in [0.29, 0.717) is 17.6 Å². The molecule has 3 nitrogen and oxygen atoms in total. The van der Waals surface area contributed by atoms with Gasteiger partial charge in [-0.05, 0) is 92.3 Å². The van der Waals surface area contributed by atoms with E-state index in [-0.39, 0.29) is 17.4 Å². The number of fused-ring (bicyclic) bond motifs is 7. The van der Waals surface area contributed by atoms with Crippen LogP contribution in [0.2, 0.25) is 0 Å². The number of nitrogens with zero attached hydrogens (tertiary/aromatic N) is 1. The molecule has 0 aromatic rings. The summed E-state index contributed by atoms with van der Waals surface area (Å²) in [7, 11) is 0. The summed E-state index contributed by atoms with van der Waals surface area (Å²) in [5, 5.41) is 10.3. The lowest BCUT2D eigenvalue weighted by molar-refractivity contribution is -0.145. The molecule has 166 valence electrons. The van der Waals surface area contributed by atoms with Crippen molar-refractivity contribution in [3.8, 4) is 0 Å². The third-order valence-electron chi connectivity index (χ3n) is 11.2. The number of hydrogen-bond donors (Lipinski definition) is 1. The molecule has 6 rings (SSSR count). The number of hydrogen-bond acceptors (Lipinski definition) is 3. The van der Waals surface area contributed by atoms with Crippen LogP contribution in [0.25, 0.3) is 0 Å². The first-order valence-electron chi connectivity index (χ1n) is 13.0. The van der Waals surface area contributed by atoms with Crippen molar-refractivity contribution in [2.24, 2.45) is 46.8 Å². The Kier molecular flexibility index (Phi) is 4.60. The Hall–Kier alpha value is -0.670. The fraction of sp³-hybridized carbons (Fsp3) is 0.889. The van der Waals surface area contributed by atoms with Gasteiger partial charge in [0.15, 0.2) is 0 Å². The predicted molar refractivity (Wildman–Crippen MR) is 119 cm³/mol. The largest absolute Gasteiger partial charge is 0.393 e. The van der Waals surface area contributed by atoms with Crippen molar-refractivity contribution >= 4 is 5.78 Å². The Balaban J connectivity index is 1.33. The molecule has 3 saturated carbocycles. The first-order valence-corrected chi connectivity index (χ1v) is 13.0. The first-order chi connectivity index (χ1) is 14.4. The maximum absolute atomic E-state index is 13.2. The molecule has 0 bridgehead atoms. The van der Waals surface area contributed by atoms with E-state index in [2.05, 4.69) is 25.7 Å². The molecule has 6 aliphatic rings. The van der Waals surface area contributed by atoms with E-state index in [4.69, 9.17) is 0 Å². The molecule has 1 N–H and O–H groups in total. The van der Waals surface area contributed by atoms with Gasteiger partial charge < -0.3 is 5.11 Å². The molecule has 0 radical (unpaired) electrons. The number of carbonyl (C=O) groups excluding carboxylic acids is 1. The van der Waals surface area contributed by atoms with Crippen molar-refractivity contribution in [2.45, 2.75) is 90.7 Å². The van der Waals surface area contributed by atoms with E-state index in [1.807, 2.05) is 11.1 Å². The summed E-state index contributed by atoms with van der Waals surface area (Å²) >= 11 is 0. The Morgan fingerprint density at radius 3 is 2.70 bits per heavy atom. The van der Waals surface area contributed by atoms with Gasteiger partial charge in [0.25, 0.3) is 0 Å². The van der Waals surface area contributed by atoms with Gasteiger partial charge in [0.2, 0.25) is 0 Å². The quantitative estimate of drug-likeness (QED) is 0.580. The van der Waals surface area contributed by atoms with Gasteiger partial charge >= 0.3 is 0 Å². The van der Waals surface area contributed by atoms with Crippen LogP contribution in [-0.4, -0.2) is 41.0 Å². The minimum atomic E-state index is -0.251. The van der Waals surface area contributed by atoms with Crippen LogP contribution in [0.5, 0.6) is 0 Å². The van der Waals surface area contributed by atoms with E-state index in [1.165, 1.54) is 45.2 Å². The van der Waals surface area contributed by atoms with Crippen LogP contribution in [0, 0.1) is 46.8 Å². The van der Waals surface area contributed by atoms with E-state index in [9.17, 15) is 9.90 Å². The predicted octanol–water partition coefficient (Wildman–Crippen LogP) is 4.84. The third-order valence-corrected chi connectivity index (χ3v) is 11.2. The van der Waals surface area contributed by atoms with E-state index in [1.54, 1.807) is 0 Å². The third kappa shape index (κ3) is 2.73. The smallest absolute Gasteiger partial charge is 0.136 e. The second-order valence-electron chi connectivity index (χ2n) is 12.5. The number of aliphatic hydroxyl groups excluding tert-OH is 1. The number of carbonyl (C=O) groups is 1. The van der Waals surface area contributed by atoms with Crippen LogP contribution in [0.15, 0.2) is 11.1 Å². The second kappa shape index (κ2) is 6.91. The molecule has 30 heavy (non-hydrogen) atoms. The van der Waals surface area contributed by atoms with Gasteiger partial charge in [-0.15, -0.1) is 0 Å². The van der Waals surface area contributed by atoms with Crippen LogP contribution < -0.4 is 0 Å². The van der Waals surface area contributed by atoms with E-state index in [0.717, 1.165) is 55.4 Å². The van der Waals surface area contributed by atoms with Crippen LogP contribution >= 0.6 is 0 Å². The Labute approximate surface area is 182 Å². The van der Waals surface area contributed by atoms with Gasteiger partial charge in [-0.2, -0.15) is 0 Å². The maximum Gasteiger partial charge on any atom is 0.136 e. The Bertz CT molecular complexity index is 773. The molecule has 0 amide bonds. The second-order valence-corrected chi connectivity index (χ2v) is 12.5. The summed E-state index contributed by atoms with van der Waals surface area (Å²) < 4.78 is 0. The van der Waals surface area contributed by atoms with Crippen molar-refractivity contribution < 1.29 is 9.90 Å². The molecule has 2 aliphatic heterocycles. The molecule has 0 spiro atoms. The highest BCUT2D eigenvalue weighted by atomic mass is 16.3. The summed E-state index contributed by atoms with van der Waals surface area (Å²) in [4.78, 5) is 16.1. The number of aliphatic hydroxyl groups is 1. The lowest BCUT2D eigenvalue weighted by Crippen LogP contribution is -2.52. The summed E-state index contributed by atoms with van der Waals surface area (Å²) in [6, 6.07) is 0.781. The van der Waals surface area contributed by atoms with Crippen molar-refractivity contribution in [2.75, 3.05) is 13.1 Å². The minimum Gasteiger partial charge on any atom is -0.393 e. The molecule has 4 fully saturated rings. The average molecular weight is 412 g/mol. The SMILES string of the molecule is CC1CCC2C(C)C3=C(CN2C1)C1CC2C(CC(=O)C4CC(O)CCC42C)C1CC3. The average Bonchev–Trinajstić information content (AvgIpc) is 3.09. The summed E-state index contributed by atoms with van der Waals surface area (Å²) in [5.74, 6) is 4.97. The fourth-order valence-corrected chi connectivity index (χ4v) is 9.64. The van der Waals surface area contributed by atoms with Gasteiger partial charge in [-0.1, -0.05) is 31.9 Å². The Morgan fingerprint density at radius 1 is 1.03 bits per heavy atom. The topological polar surface area (TPSA) is 40.5 Å². The highest BCUT2D eigenvalue weighted by Crippen LogP contribution is 2.65. The maximum atomic E-state index is 13.2. The fourth-order valence-electron chi connectivity index (χ4n) is 9.64. The lowest BCUT2D eigenvalue weighted by atomic mass is 9.52. The molecular weight excluding hydrogens is 370 g/mol. The molecular formula is C27H41NO2. The standard InChI is InChI=1S/C27H41NO2/c1-15-4-7-25-16(2)18-5-6-19-20(22(18)14-28(25)13-15)11-23-21(19)12-26(30)24-10-17(29)8-9-27(23,24)3/h15-17,19-21,23-25,29H,4-14H2,1-3H3. The molecule has 10 atom stereocenters. The molecule has 4 aliphatic carbocycles. The highest BCUT2D eigenvalue weighted by Gasteiger charge is 2.61. The number of rotatable bonds is 0. The molecule has 0 aromatic heterocycles. The highest BCUT2D eigenvalue weighted by molar-refractivity contribution is 5.83. The summed E-state index contributed by atoms with van der Waals surface area (Å²) in [5.41, 5.74) is 3.79. The monoisotopic (exact) mass is 411 g/mol. The van der Waals surface area contributed by atoms with Gasteiger partial charge in [-0.25, -0.2) is 0 Å². The molecule has 1 saturated heterocycles. The zero-order chi connectivity index (χ0) is 20.8. The Morgan fingerprint density at radius 2 is 1.87 bits per heavy atom. The summed E-state index contributed by atoms with van der Waals surface area (Å²) in [6.45, 7) is 9.89. The molecule has 3 heteroatoms. The molecule has 10 unspecified atom stereocenters. The minimum absolute atomic E-state index is 0.119. The van der Waals surface area contributed by atoms with Crippen molar-refractivity contribution in [3.05, 3.63) is 11.1 Å². The van der Waals surface area contributed by atoms with E-state index < -0.39 is 0 Å². The van der Waals surface area contributed by atoms with Crippen molar-refractivity contribution in [1.29, 1.82) is 0 Å². The zero-order valence-corrected chi connectivity index (χ0v) is 19.3. The van der Waals surface area contributed by atoms with Gasteiger partial charge in [0, 0.05) is 31.5 Å². The lowest BCUT2D eigenvalue weighted by Gasteiger charge is -2.52. The van der Waals surface area contributed by atoms with Crippen LogP contribution in [0.4, 0.5) is 0 Å². The summed E-state index contributed by atoms with van der Waals surface area (Å²) in [6.07, 6.45) is 9.97. The van der Waals surface area contributed by atoms with Crippen LogP contribution in [0.3, 0.4) is 0 Å². The number of ketones is 1. The van der Waals surface area contributed by atoms with Crippen molar-refractivity contribution in [1.82, 2.24) is 4.90 Å². The van der Waals surface area contributed by atoms with Crippen molar-refractivity contribution in [3.63, 3.8) is 0 Å². The van der Waals surface area contributed by atoms with Gasteiger partial charge in [0.1, 0.15) is 5.78 Å². The number of piperidine rings is 1. The van der Waals surface area contributed by atoms with Crippen LogP contribution in [0.1, 0.15) is 78.6 Å². The van der Waals surface area contributed by atoms with Gasteiger partial charge in [-0.3, -0.25) is 9.69 Å². The molecule has 0 aromatic carbocycles. The molecule has 2 heterocycles. The zero-order valence-electron chi connectivity index (χ0n) is 19.3. The normalized spacial score (nSPS) is 53.5. The van der Waals surface area contributed by atoms with E-state index >= 15 is 0 Å². The first kappa shape index (κ1) is 20.0.